The van der Waals surface area contributed by atoms with Crippen molar-refractivity contribution in [2.45, 2.75) is 38.6 Å². The van der Waals surface area contributed by atoms with Crippen LogP contribution in [0, 0.1) is 5.92 Å². The Morgan fingerprint density at radius 2 is 2.07 bits per heavy atom. The zero-order valence-corrected chi connectivity index (χ0v) is 16.3. The van der Waals surface area contributed by atoms with Crippen LogP contribution in [-0.2, 0) is 10.2 Å². The first kappa shape index (κ1) is 20.6. The van der Waals surface area contributed by atoms with E-state index in [9.17, 15) is 14.7 Å². The van der Waals surface area contributed by atoms with Gasteiger partial charge in [-0.05, 0) is 42.3 Å². The van der Waals surface area contributed by atoms with Gasteiger partial charge in [-0.2, -0.15) is 0 Å². The Morgan fingerprint density at radius 1 is 1.33 bits per heavy atom. The maximum absolute atomic E-state index is 12.1. The first-order valence-corrected chi connectivity index (χ1v) is 9.15. The molecule has 0 aromatic heterocycles. The molecule has 0 aliphatic carbocycles. The van der Waals surface area contributed by atoms with E-state index in [2.05, 4.69) is 23.2 Å². The maximum Gasteiger partial charge on any atom is 0.413 e. The smallest absolute Gasteiger partial charge is 0.413 e. The molecule has 146 valence electrons. The molecule has 0 saturated carbocycles. The largest absolute Gasteiger partial charge is 0.480 e. The number of hydrogen-bond donors (Lipinski definition) is 2. The Hall–Kier alpha value is -2.76. The third kappa shape index (κ3) is 5.12. The minimum atomic E-state index is -1.08. The Balaban J connectivity index is 2.19. The van der Waals surface area contributed by atoms with Crippen LogP contribution in [0.4, 0.5) is 4.79 Å². The number of hydrogen-bond acceptors (Lipinski definition) is 4. The topological polar surface area (TPSA) is 78.9 Å². The molecule has 0 saturated heterocycles. The van der Waals surface area contributed by atoms with E-state index < -0.39 is 18.1 Å². The van der Waals surface area contributed by atoms with Gasteiger partial charge in [0.1, 0.15) is 11.8 Å². The molecule has 0 bridgehead atoms. The summed E-state index contributed by atoms with van der Waals surface area (Å²) >= 11 is 0. The molecule has 6 nitrogen and oxygen atoms in total. The number of allylic oxidation sites excluding steroid dienone is 2. The van der Waals surface area contributed by atoms with Gasteiger partial charge in [0.05, 0.1) is 0 Å². The van der Waals surface area contributed by atoms with E-state index in [1.54, 1.807) is 19.9 Å². The van der Waals surface area contributed by atoms with Crippen molar-refractivity contribution in [1.82, 2.24) is 10.2 Å². The lowest BCUT2D eigenvalue weighted by Crippen LogP contribution is -2.45. The van der Waals surface area contributed by atoms with E-state index in [4.69, 9.17) is 4.74 Å². The van der Waals surface area contributed by atoms with Gasteiger partial charge in [0, 0.05) is 19.0 Å². The predicted molar refractivity (Wildman–Crippen MR) is 105 cm³/mol. The molecule has 1 aliphatic heterocycles. The van der Waals surface area contributed by atoms with Crippen LogP contribution in [0.3, 0.4) is 0 Å². The zero-order valence-electron chi connectivity index (χ0n) is 16.3. The minimum Gasteiger partial charge on any atom is -0.480 e. The number of ether oxygens (including phenoxy) is 1. The molecule has 0 spiro atoms. The molecule has 2 unspecified atom stereocenters. The lowest BCUT2D eigenvalue weighted by molar-refractivity contribution is -0.140. The number of carbonyl (C=O) groups is 2. The van der Waals surface area contributed by atoms with E-state index in [0.717, 1.165) is 18.5 Å². The average Bonchev–Trinajstić information content (AvgIpc) is 2.81. The number of carboxylic acids is 1. The second kappa shape index (κ2) is 8.75. The number of nitrogens with zero attached hydrogens (tertiary/aromatic N) is 1. The van der Waals surface area contributed by atoms with Gasteiger partial charge in [-0.15, -0.1) is 0 Å². The molecule has 27 heavy (non-hydrogen) atoms. The van der Waals surface area contributed by atoms with E-state index in [1.807, 2.05) is 43.6 Å². The van der Waals surface area contributed by atoms with Crippen molar-refractivity contribution in [3.8, 4) is 5.75 Å². The standard InChI is InChI=1S/C21H28N2O4/c1-5-21(11-6-7-12-23(4)14-21)16-9-8-10-17(13-16)27-20(26)22-18(15(2)3)19(24)25/h6-13,15,18H,5,14H2,1-4H3,(H,22,26)(H,24,25). The van der Waals surface area contributed by atoms with Gasteiger partial charge < -0.3 is 20.1 Å². The summed E-state index contributed by atoms with van der Waals surface area (Å²) in [5.41, 5.74) is 0.844. The van der Waals surface area contributed by atoms with Gasteiger partial charge in [0.25, 0.3) is 0 Å². The quantitative estimate of drug-likeness (QED) is 0.798. The van der Waals surface area contributed by atoms with Crippen LogP contribution < -0.4 is 10.1 Å². The first-order valence-electron chi connectivity index (χ1n) is 9.15. The average molecular weight is 372 g/mol. The van der Waals surface area contributed by atoms with Crippen LogP contribution in [-0.4, -0.2) is 41.7 Å². The molecule has 1 aromatic rings. The molecule has 1 heterocycles. The third-order valence-corrected chi connectivity index (χ3v) is 4.85. The Labute approximate surface area is 160 Å². The molecule has 6 heteroatoms. The monoisotopic (exact) mass is 372 g/mol. The van der Waals surface area contributed by atoms with Crippen LogP contribution in [0.1, 0.15) is 32.8 Å². The molecule has 1 amide bonds. The Morgan fingerprint density at radius 3 is 2.70 bits per heavy atom. The zero-order chi connectivity index (χ0) is 20.0. The fraction of sp³-hybridized carbons (Fsp3) is 0.429. The van der Waals surface area contributed by atoms with Crippen molar-refractivity contribution in [3.05, 3.63) is 54.3 Å². The fourth-order valence-electron chi connectivity index (χ4n) is 3.25. The van der Waals surface area contributed by atoms with Crippen LogP contribution in [0.15, 0.2) is 48.7 Å². The highest BCUT2D eigenvalue weighted by Gasteiger charge is 2.30. The lowest BCUT2D eigenvalue weighted by atomic mass is 9.77. The number of benzene rings is 1. The summed E-state index contributed by atoms with van der Waals surface area (Å²) in [6, 6.07) is 6.41. The summed E-state index contributed by atoms with van der Waals surface area (Å²) in [6.07, 6.45) is 8.36. The van der Waals surface area contributed by atoms with Gasteiger partial charge in [-0.1, -0.05) is 45.1 Å². The maximum atomic E-state index is 12.1. The summed E-state index contributed by atoms with van der Waals surface area (Å²) < 4.78 is 5.36. The lowest BCUT2D eigenvalue weighted by Gasteiger charge is -2.33. The van der Waals surface area contributed by atoms with Gasteiger partial charge in [0.15, 0.2) is 0 Å². The molecule has 2 N–H and O–H groups in total. The molecule has 2 atom stereocenters. The fourth-order valence-corrected chi connectivity index (χ4v) is 3.25. The van der Waals surface area contributed by atoms with E-state index in [1.165, 1.54) is 0 Å². The van der Waals surface area contributed by atoms with Crippen molar-refractivity contribution in [3.63, 3.8) is 0 Å². The SMILES string of the molecule is CCC1(c2cccc(OC(=O)NC(C(=O)O)C(C)C)c2)C=CC=CN(C)C1. The number of nitrogens with one attached hydrogen (secondary N) is 1. The molecular weight excluding hydrogens is 344 g/mol. The molecular formula is C21H28N2O4. The summed E-state index contributed by atoms with van der Waals surface area (Å²) in [5, 5.41) is 11.6. The van der Waals surface area contributed by atoms with Gasteiger partial charge in [-0.25, -0.2) is 9.59 Å². The van der Waals surface area contributed by atoms with Crippen molar-refractivity contribution in [1.29, 1.82) is 0 Å². The van der Waals surface area contributed by atoms with Crippen molar-refractivity contribution in [2.24, 2.45) is 5.92 Å². The molecule has 1 aromatic carbocycles. The summed E-state index contributed by atoms with van der Waals surface area (Å²) in [6.45, 7) is 6.39. The second-order valence-electron chi connectivity index (χ2n) is 7.25. The Bertz CT molecular complexity index is 741. The predicted octanol–water partition coefficient (Wildman–Crippen LogP) is 3.55. The van der Waals surface area contributed by atoms with Crippen molar-refractivity contribution in [2.75, 3.05) is 13.6 Å². The van der Waals surface area contributed by atoms with Crippen LogP contribution in [0.2, 0.25) is 0 Å². The van der Waals surface area contributed by atoms with E-state index in [0.29, 0.717) is 5.75 Å². The molecule has 2 rings (SSSR count). The summed E-state index contributed by atoms with van der Waals surface area (Å²) in [7, 11) is 2.03. The summed E-state index contributed by atoms with van der Waals surface area (Å²) in [4.78, 5) is 25.5. The number of likely N-dealkylation sites (N-methyl/N-ethyl adjacent to an activating group) is 1. The molecule has 0 radical (unpaired) electrons. The number of aliphatic carboxylic acids is 1. The minimum absolute atomic E-state index is 0.199. The molecule has 1 aliphatic rings. The third-order valence-electron chi connectivity index (χ3n) is 4.85. The van der Waals surface area contributed by atoms with Gasteiger partial charge in [-0.3, -0.25) is 0 Å². The normalized spacial score (nSPS) is 20.3. The van der Waals surface area contributed by atoms with Crippen LogP contribution >= 0.6 is 0 Å². The van der Waals surface area contributed by atoms with Gasteiger partial charge in [0.2, 0.25) is 0 Å². The van der Waals surface area contributed by atoms with Crippen LogP contribution in [0.25, 0.3) is 0 Å². The van der Waals surface area contributed by atoms with Crippen molar-refractivity contribution < 1.29 is 19.4 Å². The highest BCUT2D eigenvalue weighted by Crippen LogP contribution is 2.34. The first-order chi connectivity index (χ1) is 12.8. The highest BCUT2D eigenvalue weighted by atomic mass is 16.6. The van der Waals surface area contributed by atoms with Crippen molar-refractivity contribution >= 4 is 12.1 Å². The number of amides is 1. The Kier molecular flexibility index (Phi) is 6.66. The van der Waals surface area contributed by atoms with Crippen LogP contribution in [0.5, 0.6) is 5.75 Å². The number of carbonyl (C=O) groups excluding carboxylic acids is 1. The van der Waals surface area contributed by atoms with E-state index in [-0.39, 0.29) is 11.3 Å². The molecule has 0 fully saturated rings. The van der Waals surface area contributed by atoms with Gasteiger partial charge >= 0.3 is 12.1 Å². The number of rotatable bonds is 6. The summed E-state index contributed by atoms with van der Waals surface area (Å²) in [5.74, 6) is -0.942. The second-order valence-corrected chi connectivity index (χ2v) is 7.25. The number of carboxylic acid groups (broad SMARTS) is 1. The van der Waals surface area contributed by atoms with E-state index >= 15 is 0 Å². The highest BCUT2D eigenvalue weighted by molar-refractivity contribution is 5.81.